The number of nitrogens with one attached hydrogen (secondary N) is 1. The van der Waals surface area contributed by atoms with Crippen molar-refractivity contribution in [3.8, 4) is 0 Å². The highest BCUT2D eigenvalue weighted by Gasteiger charge is 2.32. The molecule has 1 unspecified atom stereocenters. The van der Waals surface area contributed by atoms with E-state index in [-0.39, 0.29) is 16.9 Å². The Labute approximate surface area is 316 Å². The summed E-state index contributed by atoms with van der Waals surface area (Å²) in [6.07, 6.45) is 31.2. The van der Waals surface area contributed by atoms with Crippen LogP contribution in [0.4, 0.5) is 4.79 Å². The molecule has 2 aliphatic carbocycles. The smallest absolute Gasteiger partial charge is 0.407 e. The van der Waals surface area contributed by atoms with Crippen molar-refractivity contribution in [3.05, 3.63) is 123 Å². The number of hydrogen-bond donors (Lipinski definition) is 1. The van der Waals surface area contributed by atoms with Gasteiger partial charge in [-0.3, -0.25) is 4.98 Å². The van der Waals surface area contributed by atoms with Crippen LogP contribution < -0.4 is 5.32 Å². The molecule has 3 rings (SSSR count). The molecule has 1 heterocycles. The van der Waals surface area contributed by atoms with Crippen molar-refractivity contribution in [2.45, 2.75) is 127 Å². The molecule has 282 valence electrons. The van der Waals surface area contributed by atoms with Gasteiger partial charge in [0.1, 0.15) is 5.60 Å². The van der Waals surface area contributed by atoms with Gasteiger partial charge in [0, 0.05) is 12.7 Å². The summed E-state index contributed by atoms with van der Waals surface area (Å²) >= 11 is 0. The molecule has 1 aromatic rings. The highest BCUT2D eigenvalue weighted by molar-refractivity contribution is 5.67. The molecule has 0 radical (unpaired) electrons. The number of hydrogen-bond acceptors (Lipinski definition) is 4. The summed E-state index contributed by atoms with van der Waals surface area (Å²) < 4.78 is 11.5. The number of pyridine rings is 1. The largest absolute Gasteiger partial charge is 0.444 e. The van der Waals surface area contributed by atoms with Crippen LogP contribution in [0.25, 0.3) is 12.2 Å². The number of aromatic nitrogens is 1. The van der Waals surface area contributed by atoms with Crippen LogP contribution in [0.2, 0.25) is 0 Å². The number of ether oxygens (including phenoxy) is 2. The van der Waals surface area contributed by atoms with E-state index in [2.05, 4.69) is 146 Å². The molecule has 0 fully saturated rings. The minimum Gasteiger partial charge on any atom is -0.444 e. The molecule has 0 bridgehead atoms. The third kappa shape index (κ3) is 14.2. The monoisotopic (exact) mass is 707 g/mol. The minimum atomic E-state index is -0.514. The van der Waals surface area contributed by atoms with Crippen molar-refractivity contribution in [3.63, 3.8) is 0 Å². The summed E-state index contributed by atoms with van der Waals surface area (Å²) in [5, 5.41) is 2.78. The van der Waals surface area contributed by atoms with Crippen LogP contribution in [0, 0.1) is 10.8 Å². The topological polar surface area (TPSA) is 60.5 Å². The zero-order chi connectivity index (χ0) is 38.5. The first-order chi connectivity index (χ1) is 24.4. The third-order valence-corrected chi connectivity index (χ3v) is 9.87. The Morgan fingerprint density at radius 3 is 2.23 bits per heavy atom. The van der Waals surface area contributed by atoms with E-state index >= 15 is 0 Å². The van der Waals surface area contributed by atoms with E-state index in [0.717, 1.165) is 29.7 Å². The number of rotatable bonds is 13. The summed E-state index contributed by atoms with van der Waals surface area (Å²) in [7, 11) is 0. The quantitative estimate of drug-likeness (QED) is 0.164. The first-order valence-corrected chi connectivity index (χ1v) is 19.1. The van der Waals surface area contributed by atoms with Crippen molar-refractivity contribution in [1.29, 1.82) is 0 Å². The molecule has 5 heteroatoms. The number of amides is 1. The molecule has 1 aromatic heterocycles. The van der Waals surface area contributed by atoms with Crippen LogP contribution in [0.3, 0.4) is 0 Å². The maximum Gasteiger partial charge on any atom is 0.407 e. The van der Waals surface area contributed by atoms with Crippen LogP contribution in [0.15, 0.2) is 112 Å². The summed E-state index contributed by atoms with van der Waals surface area (Å²) in [6, 6.07) is 4.16. The molecular formula is C47H66N2O3. The second-order valence-electron chi connectivity index (χ2n) is 16.8. The highest BCUT2D eigenvalue weighted by Crippen LogP contribution is 2.42. The summed E-state index contributed by atoms with van der Waals surface area (Å²) in [5.41, 5.74) is 11.0. The molecule has 0 saturated carbocycles. The van der Waals surface area contributed by atoms with Gasteiger partial charge in [0.15, 0.2) is 0 Å². The number of nitrogens with zero attached hydrogens (tertiary/aromatic N) is 1. The Balaban J connectivity index is 1.58. The second-order valence-corrected chi connectivity index (χ2v) is 16.8. The minimum absolute atomic E-state index is 0.0386. The van der Waals surface area contributed by atoms with E-state index in [1.54, 1.807) is 0 Å². The molecule has 5 nitrogen and oxygen atoms in total. The van der Waals surface area contributed by atoms with Gasteiger partial charge in [-0.05, 0) is 144 Å². The summed E-state index contributed by atoms with van der Waals surface area (Å²) in [6.45, 7) is 26.6. The van der Waals surface area contributed by atoms with Gasteiger partial charge in [-0.15, -0.1) is 0 Å². The normalized spacial score (nSPS) is 20.6. The lowest BCUT2D eigenvalue weighted by molar-refractivity contribution is 0.0407. The number of carbonyl (C=O) groups is 1. The van der Waals surface area contributed by atoms with Crippen molar-refractivity contribution in [2.75, 3.05) is 13.2 Å². The Kier molecular flexibility index (Phi) is 15.7. The number of allylic oxidation sites excluding steroid dienone is 15. The van der Waals surface area contributed by atoms with Gasteiger partial charge in [0.2, 0.25) is 0 Å². The van der Waals surface area contributed by atoms with Gasteiger partial charge in [0.25, 0.3) is 0 Å². The van der Waals surface area contributed by atoms with Gasteiger partial charge in [-0.1, -0.05) is 105 Å². The van der Waals surface area contributed by atoms with E-state index < -0.39 is 11.7 Å². The fourth-order valence-electron chi connectivity index (χ4n) is 6.93. The average molecular weight is 707 g/mol. The summed E-state index contributed by atoms with van der Waals surface area (Å²) in [5.74, 6) is 0. The first kappa shape index (κ1) is 42.5. The Morgan fingerprint density at radius 2 is 1.56 bits per heavy atom. The SMILES string of the molecule is CC(C=CC1=C(C)CCCC1(C)C)=CC=Cc1ccnc(C=C(C)C=CC=C(C)C=CC2=C(C)C(OCCNC(=O)OC(C)(C)C)CCC2(C)C)c1. The van der Waals surface area contributed by atoms with E-state index in [1.807, 2.05) is 33.0 Å². The second kappa shape index (κ2) is 19.2. The lowest BCUT2D eigenvalue weighted by Gasteiger charge is -2.37. The van der Waals surface area contributed by atoms with E-state index in [4.69, 9.17) is 9.47 Å². The number of alkyl carbamates (subject to hydrolysis) is 1. The van der Waals surface area contributed by atoms with Crippen LogP contribution >= 0.6 is 0 Å². The fourth-order valence-corrected chi connectivity index (χ4v) is 6.93. The molecule has 1 atom stereocenters. The zero-order valence-corrected chi connectivity index (χ0v) is 34.3. The third-order valence-electron chi connectivity index (χ3n) is 9.87. The molecule has 0 aromatic carbocycles. The Morgan fingerprint density at radius 1 is 0.904 bits per heavy atom. The lowest BCUT2D eigenvalue weighted by atomic mass is 9.71. The van der Waals surface area contributed by atoms with Crippen LogP contribution in [0.5, 0.6) is 0 Å². The molecule has 0 saturated heterocycles. The van der Waals surface area contributed by atoms with Crippen molar-refractivity contribution in [2.24, 2.45) is 10.8 Å². The highest BCUT2D eigenvalue weighted by atomic mass is 16.6. The van der Waals surface area contributed by atoms with Gasteiger partial charge in [-0.2, -0.15) is 0 Å². The molecule has 52 heavy (non-hydrogen) atoms. The average Bonchev–Trinajstić information content (AvgIpc) is 3.02. The standard InChI is InChI=1S/C47H66N2O3/c1-34(22-24-42-38(5)43(25-28-47(42,11)12)51-31-30-49-44(50)52-45(6,7)8)16-13-18-36(3)32-40-33-39(26-29-48-40)20-14-17-35(2)21-23-41-37(4)19-15-27-46(41,9)10/h13-14,16-18,20-24,26,29,32-33,43H,15,19,25,27-28,30-31H2,1-12H3,(H,49,50). The maximum absolute atomic E-state index is 12.0. The summed E-state index contributed by atoms with van der Waals surface area (Å²) in [4.78, 5) is 16.5. The molecule has 2 aliphatic rings. The van der Waals surface area contributed by atoms with Crippen molar-refractivity contribution < 1.29 is 14.3 Å². The Hall–Kier alpha value is -3.96. The molecule has 0 aliphatic heterocycles. The van der Waals surface area contributed by atoms with E-state index in [0.29, 0.717) is 13.2 Å². The van der Waals surface area contributed by atoms with Crippen molar-refractivity contribution >= 4 is 18.2 Å². The van der Waals surface area contributed by atoms with Gasteiger partial charge < -0.3 is 14.8 Å². The number of carbonyl (C=O) groups excluding carboxylic acids is 1. The van der Waals surface area contributed by atoms with E-state index in [9.17, 15) is 4.79 Å². The van der Waals surface area contributed by atoms with Crippen LogP contribution in [-0.4, -0.2) is 35.9 Å². The molecule has 1 N–H and O–H groups in total. The Bertz CT molecular complexity index is 1680. The van der Waals surface area contributed by atoms with E-state index in [1.165, 1.54) is 52.7 Å². The predicted molar refractivity (Wildman–Crippen MR) is 222 cm³/mol. The maximum atomic E-state index is 12.0. The predicted octanol–water partition coefficient (Wildman–Crippen LogP) is 12.6. The van der Waals surface area contributed by atoms with Crippen LogP contribution in [0.1, 0.15) is 126 Å². The van der Waals surface area contributed by atoms with Gasteiger partial charge in [0.05, 0.1) is 18.4 Å². The van der Waals surface area contributed by atoms with Gasteiger partial charge in [-0.25, -0.2) is 4.79 Å². The van der Waals surface area contributed by atoms with Gasteiger partial charge >= 0.3 is 6.09 Å². The van der Waals surface area contributed by atoms with Crippen LogP contribution in [-0.2, 0) is 9.47 Å². The molecular weight excluding hydrogens is 641 g/mol. The molecule has 1 amide bonds. The zero-order valence-electron chi connectivity index (χ0n) is 34.3. The fraction of sp³-hybridized carbons (Fsp3) is 0.489. The lowest BCUT2D eigenvalue weighted by Crippen LogP contribution is -2.35. The first-order valence-electron chi connectivity index (χ1n) is 19.1. The van der Waals surface area contributed by atoms with Crippen molar-refractivity contribution in [1.82, 2.24) is 10.3 Å². The molecule has 0 spiro atoms.